The fraction of sp³-hybridized carbons (Fsp3) is 0.426. The number of alkyl halides is 3. The van der Waals surface area contributed by atoms with Crippen LogP contribution in [0.2, 0.25) is 0 Å². The minimum absolute atomic E-state index is 0.0172. The molecule has 1 aliphatic carbocycles. The Labute approximate surface area is 466 Å². The zero-order valence-electron chi connectivity index (χ0n) is 45.7. The number of aryl methyl sites for hydroxylation is 1. The van der Waals surface area contributed by atoms with E-state index in [4.69, 9.17) is 14.5 Å². The van der Waals surface area contributed by atoms with Crippen LogP contribution >= 0.6 is 11.3 Å². The maximum absolute atomic E-state index is 14.8. The largest absolute Gasteiger partial charge is 0.490 e. The van der Waals surface area contributed by atoms with E-state index < -0.39 is 35.6 Å². The molecular weight excluding hydrogens is 1040 g/mol. The molecule has 2 atom stereocenters. The first-order valence-electron chi connectivity index (χ1n) is 27.7. The Morgan fingerprint density at radius 1 is 0.863 bits per heavy atom. The number of halogens is 3. The number of imide groups is 1. The molecule has 80 heavy (non-hydrogen) atoms. The molecule has 3 fully saturated rings. The van der Waals surface area contributed by atoms with Crippen LogP contribution in [0, 0.1) is 12.8 Å². The Hall–Kier alpha value is -7.38. The molecule has 1 saturated carbocycles. The fourth-order valence-electron chi connectivity index (χ4n) is 12.1. The number of pyridine rings is 1. The highest BCUT2D eigenvalue weighted by Gasteiger charge is 2.47. The van der Waals surface area contributed by atoms with Gasteiger partial charge in [0, 0.05) is 68.4 Å². The third-order valence-corrected chi connectivity index (χ3v) is 17.1. The number of nitrogens with one attached hydrogen (secondary N) is 2. The Kier molecular flexibility index (Phi) is 15.2. The molecule has 19 heteroatoms. The van der Waals surface area contributed by atoms with Crippen LogP contribution in [-0.4, -0.2) is 105 Å². The number of para-hydroxylation sites is 1. The summed E-state index contributed by atoms with van der Waals surface area (Å²) in [5, 5.41) is 11.2. The van der Waals surface area contributed by atoms with Crippen molar-refractivity contribution < 1.29 is 41.8 Å². The summed E-state index contributed by atoms with van der Waals surface area (Å²) >= 11 is 1.43. The number of anilines is 3. The van der Waals surface area contributed by atoms with E-state index in [1.165, 1.54) is 16.2 Å². The number of nitrogens with zero attached hydrogens (tertiary/aromatic N) is 7. The van der Waals surface area contributed by atoms with Gasteiger partial charge in [0.1, 0.15) is 23.2 Å². The summed E-state index contributed by atoms with van der Waals surface area (Å²) in [5.74, 6) is -0.348. The van der Waals surface area contributed by atoms with E-state index >= 15 is 0 Å². The highest BCUT2D eigenvalue weighted by atomic mass is 32.1. The second-order valence-electron chi connectivity index (χ2n) is 22.7. The van der Waals surface area contributed by atoms with Crippen LogP contribution in [0.25, 0.3) is 32.2 Å². The Morgan fingerprint density at radius 3 is 2.44 bits per heavy atom. The molecule has 3 aliphatic heterocycles. The SMILES string of the molecule is Cc1c(O[C@H]2CC[C@H](CCCN3CCN(c4ccc5c(C6CCC(=O)NC6=O)nn(C)c5c4)[C@@H](C(F)(F)F)C3)CC2)cccc1-c1ccc(N2CCc3cccc(C(=O)Nc4nc5ccccc5s4)c3C2)nc1C(=O)OC(C)(C)C. The monoisotopic (exact) mass is 1110 g/mol. The number of benzene rings is 4. The zero-order chi connectivity index (χ0) is 56.0. The van der Waals surface area contributed by atoms with Gasteiger partial charge in [0.15, 0.2) is 10.8 Å². The number of thiazole rings is 1. The standard InChI is InChI=1S/C61H66F3N9O6S/c1-36-41(42-24-26-52(66-55(42)58(77)79-60(2,3)4)72-30-28-38-12-8-14-43(46(38)34-72)56(75)68-59-65-47-15-6-7-17-50(47)80-59)13-9-16-49(36)78-40-21-18-37(19-22-40)11-10-29-71-31-32-73(51(35-71)61(62,63)64)39-20-23-44-48(33-39)70(5)69-54(44)45-25-27-53(74)67-57(45)76/h6-9,12-17,20,23-24,26,33,37,40,45,51H,10-11,18-19,21-22,25,27-32,34-35H2,1-5H3,(H,65,68,75)(H,67,74,76)/t37-,40-,45?,51-/m1/s1. The maximum atomic E-state index is 14.8. The van der Waals surface area contributed by atoms with Crippen molar-refractivity contribution in [1.82, 2.24) is 30.0 Å². The molecule has 3 aromatic heterocycles. The predicted octanol–water partition coefficient (Wildman–Crippen LogP) is 11.3. The summed E-state index contributed by atoms with van der Waals surface area (Å²) in [6.45, 7) is 9.70. The third-order valence-electron chi connectivity index (χ3n) is 16.2. The van der Waals surface area contributed by atoms with Crippen molar-refractivity contribution in [2.45, 2.75) is 122 Å². The molecule has 0 bridgehead atoms. The van der Waals surface area contributed by atoms with Gasteiger partial charge in [0.25, 0.3) is 5.91 Å². The van der Waals surface area contributed by atoms with Gasteiger partial charge in [-0.2, -0.15) is 18.3 Å². The van der Waals surface area contributed by atoms with Gasteiger partial charge in [-0.05, 0) is 168 Å². The Morgan fingerprint density at radius 2 is 1.66 bits per heavy atom. The van der Waals surface area contributed by atoms with Crippen LogP contribution in [0.1, 0.15) is 121 Å². The molecule has 4 aromatic carbocycles. The van der Waals surface area contributed by atoms with E-state index in [0.29, 0.717) is 89.3 Å². The third kappa shape index (κ3) is 11.6. The van der Waals surface area contributed by atoms with Crippen LogP contribution < -0.4 is 25.2 Å². The second-order valence-corrected chi connectivity index (χ2v) is 23.8. The van der Waals surface area contributed by atoms with Gasteiger partial charge in [-0.15, -0.1) is 0 Å². The molecule has 4 aliphatic rings. The van der Waals surface area contributed by atoms with Gasteiger partial charge < -0.3 is 19.3 Å². The molecule has 2 saturated heterocycles. The van der Waals surface area contributed by atoms with Gasteiger partial charge >= 0.3 is 12.1 Å². The molecule has 15 nitrogen and oxygen atoms in total. The number of fused-ring (bicyclic) bond motifs is 3. The number of amides is 3. The summed E-state index contributed by atoms with van der Waals surface area (Å²) in [6, 6.07) is 26.8. The number of piperidine rings is 1. The zero-order valence-corrected chi connectivity index (χ0v) is 46.5. The number of ether oxygens (including phenoxy) is 2. The van der Waals surface area contributed by atoms with E-state index in [9.17, 15) is 32.3 Å². The first-order valence-corrected chi connectivity index (χ1v) is 28.5. The second kappa shape index (κ2) is 22.3. The lowest BCUT2D eigenvalue weighted by Gasteiger charge is -2.43. The fourth-order valence-corrected chi connectivity index (χ4v) is 12.9. The molecule has 3 amide bonds. The number of rotatable bonds is 13. The van der Waals surface area contributed by atoms with Crippen molar-refractivity contribution in [2.24, 2.45) is 13.0 Å². The Bertz CT molecular complexity index is 3480. The van der Waals surface area contributed by atoms with Crippen molar-refractivity contribution in [3.63, 3.8) is 0 Å². The molecule has 0 spiro atoms. The molecule has 11 rings (SSSR count). The van der Waals surface area contributed by atoms with Crippen LogP contribution in [-0.2, 0) is 34.3 Å². The first kappa shape index (κ1) is 54.6. The number of aromatic nitrogens is 4. The first-order chi connectivity index (χ1) is 38.3. The van der Waals surface area contributed by atoms with Gasteiger partial charge in [-0.3, -0.25) is 34.6 Å². The lowest BCUT2D eigenvalue weighted by molar-refractivity contribution is -0.156. The van der Waals surface area contributed by atoms with Crippen LogP contribution in [0.5, 0.6) is 5.75 Å². The average Bonchev–Trinajstić information content (AvgIpc) is 4.11. The van der Waals surface area contributed by atoms with E-state index in [0.717, 1.165) is 76.7 Å². The summed E-state index contributed by atoms with van der Waals surface area (Å²) < 4.78 is 59.7. The predicted molar refractivity (Wildman–Crippen MR) is 303 cm³/mol. The molecule has 7 aromatic rings. The minimum atomic E-state index is -4.45. The van der Waals surface area contributed by atoms with Crippen molar-refractivity contribution in [2.75, 3.05) is 47.8 Å². The molecule has 6 heterocycles. The van der Waals surface area contributed by atoms with Crippen LogP contribution in [0.15, 0.2) is 91.0 Å². The minimum Gasteiger partial charge on any atom is -0.490 e. The molecular formula is C61H66F3N9O6S. The van der Waals surface area contributed by atoms with Gasteiger partial charge in [-0.1, -0.05) is 47.7 Å². The highest BCUT2D eigenvalue weighted by Crippen LogP contribution is 2.40. The summed E-state index contributed by atoms with van der Waals surface area (Å²) in [6.07, 6.45) is 2.07. The highest BCUT2D eigenvalue weighted by molar-refractivity contribution is 7.22. The van der Waals surface area contributed by atoms with Crippen molar-refractivity contribution in [3.05, 3.63) is 125 Å². The smallest absolute Gasteiger partial charge is 0.409 e. The maximum Gasteiger partial charge on any atom is 0.409 e. The summed E-state index contributed by atoms with van der Waals surface area (Å²) in [4.78, 5) is 67.5. The number of hydrogen-bond acceptors (Lipinski definition) is 13. The van der Waals surface area contributed by atoms with Gasteiger partial charge in [0.2, 0.25) is 11.8 Å². The van der Waals surface area contributed by atoms with E-state index in [1.54, 1.807) is 29.9 Å². The van der Waals surface area contributed by atoms with Gasteiger partial charge in [-0.25, -0.2) is 14.8 Å². The number of carbonyl (C=O) groups is 4. The molecule has 1 unspecified atom stereocenters. The van der Waals surface area contributed by atoms with Gasteiger partial charge in [0.05, 0.1) is 33.4 Å². The van der Waals surface area contributed by atoms with Crippen LogP contribution in [0.3, 0.4) is 0 Å². The summed E-state index contributed by atoms with van der Waals surface area (Å²) in [7, 11) is 1.72. The normalized spacial score (nSPS) is 20.2. The van der Waals surface area contributed by atoms with E-state index in [-0.39, 0.29) is 43.1 Å². The summed E-state index contributed by atoms with van der Waals surface area (Å²) in [5.41, 5.74) is 6.69. The number of carbonyl (C=O) groups excluding carboxylic acids is 4. The lowest BCUT2D eigenvalue weighted by Crippen LogP contribution is -2.59. The van der Waals surface area contributed by atoms with Crippen LogP contribution in [0.4, 0.5) is 29.8 Å². The quantitative estimate of drug-likeness (QED) is 0.0831. The number of esters is 1. The van der Waals surface area contributed by atoms with E-state index in [1.807, 2.05) is 99.3 Å². The molecule has 418 valence electrons. The molecule has 0 radical (unpaired) electrons. The molecule has 2 N–H and O–H groups in total. The number of piperazine rings is 1. The average molecular weight is 1110 g/mol. The van der Waals surface area contributed by atoms with Crippen molar-refractivity contribution in [3.8, 4) is 16.9 Å². The van der Waals surface area contributed by atoms with Crippen molar-refractivity contribution in [1.29, 1.82) is 0 Å². The lowest BCUT2D eigenvalue weighted by atomic mass is 9.84. The topological polar surface area (TPSA) is 164 Å². The Balaban J connectivity index is 0.711. The van der Waals surface area contributed by atoms with E-state index in [2.05, 4.69) is 31.7 Å². The number of hydrogen-bond donors (Lipinski definition) is 2. The van der Waals surface area contributed by atoms with Crippen molar-refractivity contribution >= 4 is 72.8 Å².